The number of ether oxygens (including phenoxy) is 1. The first-order chi connectivity index (χ1) is 6.84. The van der Waals surface area contributed by atoms with Crippen molar-refractivity contribution in [3.05, 3.63) is 23.7 Å². The maximum Gasteiger partial charge on any atom is 0.129 e. The third-order valence-electron chi connectivity index (χ3n) is 2.51. The van der Waals surface area contributed by atoms with Crippen molar-refractivity contribution >= 4 is 0 Å². The highest BCUT2D eigenvalue weighted by atomic mass is 16.5. The zero-order chi connectivity index (χ0) is 9.80. The summed E-state index contributed by atoms with van der Waals surface area (Å²) in [5, 5.41) is 3.32. The molecule has 2 heterocycles. The Hall–Kier alpha value is -0.800. The number of furan rings is 1. The second-order valence-corrected chi connectivity index (χ2v) is 3.79. The molecule has 1 aliphatic heterocycles. The van der Waals surface area contributed by atoms with Crippen LogP contribution < -0.4 is 5.32 Å². The van der Waals surface area contributed by atoms with Crippen molar-refractivity contribution in [3.8, 4) is 0 Å². The van der Waals surface area contributed by atoms with E-state index in [1.807, 2.05) is 19.1 Å². The van der Waals surface area contributed by atoms with Gasteiger partial charge in [-0.05, 0) is 38.4 Å². The van der Waals surface area contributed by atoms with E-state index in [2.05, 4.69) is 5.32 Å². The minimum absolute atomic E-state index is 0.356. The quantitative estimate of drug-likeness (QED) is 0.799. The summed E-state index contributed by atoms with van der Waals surface area (Å²) in [5.41, 5.74) is 0. The molecule has 1 aromatic rings. The molecular formula is C11H17NO2. The van der Waals surface area contributed by atoms with Crippen LogP contribution in [0.1, 0.15) is 24.4 Å². The molecule has 78 valence electrons. The van der Waals surface area contributed by atoms with Crippen molar-refractivity contribution in [2.75, 3.05) is 13.1 Å². The number of aryl methyl sites for hydroxylation is 1. The molecule has 0 amide bonds. The minimum Gasteiger partial charge on any atom is -0.464 e. The molecule has 1 N–H and O–H groups in total. The van der Waals surface area contributed by atoms with Crippen LogP contribution in [0.4, 0.5) is 0 Å². The molecular weight excluding hydrogens is 178 g/mol. The first kappa shape index (κ1) is 9.74. The van der Waals surface area contributed by atoms with E-state index in [4.69, 9.17) is 9.15 Å². The Morgan fingerprint density at radius 3 is 3.14 bits per heavy atom. The van der Waals surface area contributed by atoms with Gasteiger partial charge in [0.1, 0.15) is 18.1 Å². The van der Waals surface area contributed by atoms with Crippen molar-refractivity contribution < 1.29 is 9.15 Å². The predicted octanol–water partition coefficient (Wildman–Crippen LogP) is 1.86. The molecule has 3 heteroatoms. The van der Waals surface area contributed by atoms with Crippen LogP contribution in [0.15, 0.2) is 16.5 Å². The first-order valence-corrected chi connectivity index (χ1v) is 5.22. The summed E-state index contributed by atoms with van der Waals surface area (Å²) in [6, 6.07) is 3.95. The molecule has 0 unspecified atom stereocenters. The molecule has 1 saturated heterocycles. The van der Waals surface area contributed by atoms with E-state index in [0.717, 1.165) is 31.0 Å². The highest BCUT2D eigenvalue weighted by Crippen LogP contribution is 2.12. The summed E-state index contributed by atoms with van der Waals surface area (Å²) < 4.78 is 11.2. The van der Waals surface area contributed by atoms with Gasteiger partial charge in [-0.3, -0.25) is 0 Å². The lowest BCUT2D eigenvalue weighted by molar-refractivity contribution is 0.0165. The van der Waals surface area contributed by atoms with Gasteiger partial charge in [-0.1, -0.05) is 0 Å². The van der Waals surface area contributed by atoms with Gasteiger partial charge in [0, 0.05) is 6.54 Å². The van der Waals surface area contributed by atoms with Crippen LogP contribution in [-0.4, -0.2) is 19.2 Å². The molecule has 0 bridgehead atoms. The molecule has 0 aromatic carbocycles. The fourth-order valence-electron chi connectivity index (χ4n) is 1.72. The Bertz CT molecular complexity index is 277. The Balaban J connectivity index is 1.76. The van der Waals surface area contributed by atoms with E-state index < -0.39 is 0 Å². The van der Waals surface area contributed by atoms with Crippen LogP contribution in [0.2, 0.25) is 0 Å². The van der Waals surface area contributed by atoms with Gasteiger partial charge in [0.15, 0.2) is 0 Å². The van der Waals surface area contributed by atoms with Crippen LogP contribution in [0, 0.1) is 6.92 Å². The van der Waals surface area contributed by atoms with Gasteiger partial charge in [0.25, 0.3) is 0 Å². The van der Waals surface area contributed by atoms with Crippen LogP contribution >= 0.6 is 0 Å². The normalized spacial score (nSPS) is 22.5. The third-order valence-corrected chi connectivity index (χ3v) is 2.51. The fraction of sp³-hybridized carbons (Fsp3) is 0.636. The van der Waals surface area contributed by atoms with Gasteiger partial charge in [-0.2, -0.15) is 0 Å². The number of rotatable bonds is 3. The summed E-state index contributed by atoms with van der Waals surface area (Å²) in [4.78, 5) is 0. The Labute approximate surface area is 84.4 Å². The van der Waals surface area contributed by atoms with Gasteiger partial charge in [0.2, 0.25) is 0 Å². The summed E-state index contributed by atoms with van der Waals surface area (Å²) in [6.07, 6.45) is 2.73. The standard InChI is InChI=1S/C11H17NO2/c1-9-4-5-11(14-9)8-13-10-3-2-6-12-7-10/h4-5,10,12H,2-3,6-8H2,1H3/t10-/m0/s1. The van der Waals surface area contributed by atoms with E-state index in [9.17, 15) is 0 Å². The van der Waals surface area contributed by atoms with Crippen molar-refractivity contribution in [1.82, 2.24) is 5.32 Å². The Morgan fingerprint density at radius 2 is 2.50 bits per heavy atom. The largest absolute Gasteiger partial charge is 0.464 e. The van der Waals surface area contributed by atoms with Crippen molar-refractivity contribution in [2.24, 2.45) is 0 Å². The average molecular weight is 195 g/mol. The zero-order valence-corrected chi connectivity index (χ0v) is 8.58. The second kappa shape index (κ2) is 4.62. The topological polar surface area (TPSA) is 34.4 Å². The van der Waals surface area contributed by atoms with E-state index in [0.29, 0.717) is 12.7 Å². The molecule has 2 rings (SSSR count). The summed E-state index contributed by atoms with van der Waals surface area (Å²) in [7, 11) is 0. The minimum atomic E-state index is 0.356. The first-order valence-electron chi connectivity index (χ1n) is 5.22. The predicted molar refractivity (Wildman–Crippen MR) is 54.1 cm³/mol. The van der Waals surface area contributed by atoms with Crippen LogP contribution in [0.3, 0.4) is 0 Å². The molecule has 0 aliphatic carbocycles. The van der Waals surface area contributed by atoms with Gasteiger partial charge in [-0.15, -0.1) is 0 Å². The summed E-state index contributed by atoms with van der Waals surface area (Å²) >= 11 is 0. The maximum absolute atomic E-state index is 5.73. The molecule has 0 radical (unpaired) electrons. The molecule has 1 fully saturated rings. The van der Waals surface area contributed by atoms with Crippen LogP contribution in [0.5, 0.6) is 0 Å². The molecule has 0 saturated carbocycles. The number of nitrogens with one attached hydrogen (secondary N) is 1. The van der Waals surface area contributed by atoms with Gasteiger partial charge in [-0.25, -0.2) is 0 Å². The highest BCUT2D eigenvalue weighted by molar-refractivity contribution is 5.04. The SMILES string of the molecule is Cc1ccc(CO[C@H]2CCCNC2)o1. The van der Waals surface area contributed by atoms with E-state index >= 15 is 0 Å². The molecule has 1 aliphatic rings. The highest BCUT2D eigenvalue weighted by Gasteiger charge is 2.13. The van der Waals surface area contributed by atoms with Crippen molar-refractivity contribution in [1.29, 1.82) is 0 Å². The van der Waals surface area contributed by atoms with Crippen molar-refractivity contribution in [2.45, 2.75) is 32.5 Å². The van der Waals surface area contributed by atoms with Gasteiger partial charge < -0.3 is 14.5 Å². The second-order valence-electron chi connectivity index (χ2n) is 3.79. The van der Waals surface area contributed by atoms with E-state index in [1.165, 1.54) is 6.42 Å². The number of hydrogen-bond acceptors (Lipinski definition) is 3. The Morgan fingerprint density at radius 1 is 1.57 bits per heavy atom. The van der Waals surface area contributed by atoms with E-state index in [-0.39, 0.29) is 0 Å². The number of hydrogen-bond donors (Lipinski definition) is 1. The van der Waals surface area contributed by atoms with Gasteiger partial charge >= 0.3 is 0 Å². The molecule has 0 spiro atoms. The maximum atomic E-state index is 5.73. The lowest BCUT2D eigenvalue weighted by atomic mass is 10.1. The average Bonchev–Trinajstić information content (AvgIpc) is 2.63. The summed E-state index contributed by atoms with van der Waals surface area (Å²) in [5.74, 6) is 1.87. The lowest BCUT2D eigenvalue weighted by Crippen LogP contribution is -2.35. The fourth-order valence-corrected chi connectivity index (χ4v) is 1.72. The zero-order valence-electron chi connectivity index (χ0n) is 8.58. The van der Waals surface area contributed by atoms with Gasteiger partial charge in [0.05, 0.1) is 6.10 Å². The van der Waals surface area contributed by atoms with Crippen LogP contribution in [0.25, 0.3) is 0 Å². The Kier molecular flexibility index (Phi) is 3.22. The van der Waals surface area contributed by atoms with Crippen molar-refractivity contribution in [3.63, 3.8) is 0 Å². The molecule has 14 heavy (non-hydrogen) atoms. The molecule has 3 nitrogen and oxygen atoms in total. The smallest absolute Gasteiger partial charge is 0.129 e. The third kappa shape index (κ3) is 2.59. The van der Waals surface area contributed by atoms with E-state index in [1.54, 1.807) is 0 Å². The molecule has 1 atom stereocenters. The molecule has 1 aromatic heterocycles. The monoisotopic (exact) mass is 195 g/mol. The van der Waals surface area contributed by atoms with Crippen LogP contribution in [-0.2, 0) is 11.3 Å². The number of piperidine rings is 1. The lowest BCUT2D eigenvalue weighted by Gasteiger charge is -2.22. The summed E-state index contributed by atoms with van der Waals surface area (Å²) in [6.45, 7) is 4.64.